The van der Waals surface area contributed by atoms with Crippen molar-refractivity contribution in [3.05, 3.63) is 23.8 Å². The van der Waals surface area contributed by atoms with Gasteiger partial charge >= 0.3 is 6.61 Å². The second kappa shape index (κ2) is 7.91. The quantitative estimate of drug-likeness (QED) is 0.762. The number of aliphatic hydroxyl groups is 1. The zero-order valence-electron chi connectivity index (χ0n) is 11.0. The van der Waals surface area contributed by atoms with Gasteiger partial charge in [-0.1, -0.05) is 6.92 Å². The van der Waals surface area contributed by atoms with Gasteiger partial charge in [0, 0.05) is 25.3 Å². The largest absolute Gasteiger partial charge is 0.497 e. The summed E-state index contributed by atoms with van der Waals surface area (Å²) in [6, 6.07) is 4.67. The van der Waals surface area contributed by atoms with Gasteiger partial charge in [-0.15, -0.1) is 0 Å². The molecule has 0 saturated carbocycles. The maximum absolute atomic E-state index is 12.3. The number of halogens is 2. The molecule has 0 aliphatic carbocycles. The van der Waals surface area contributed by atoms with E-state index in [1.54, 1.807) is 12.1 Å². The van der Waals surface area contributed by atoms with E-state index in [1.807, 2.05) is 6.92 Å². The van der Waals surface area contributed by atoms with E-state index in [9.17, 15) is 8.78 Å². The van der Waals surface area contributed by atoms with Crippen LogP contribution in [0.1, 0.15) is 12.5 Å². The van der Waals surface area contributed by atoms with Crippen molar-refractivity contribution < 1.29 is 23.4 Å². The third-order valence-electron chi connectivity index (χ3n) is 2.60. The van der Waals surface area contributed by atoms with Crippen LogP contribution in [0.5, 0.6) is 11.5 Å². The first-order chi connectivity index (χ1) is 9.06. The molecule has 1 unspecified atom stereocenters. The molecule has 2 N–H and O–H groups in total. The fourth-order valence-electron chi connectivity index (χ4n) is 1.55. The van der Waals surface area contributed by atoms with Crippen molar-refractivity contribution in [1.82, 2.24) is 5.32 Å². The van der Waals surface area contributed by atoms with Crippen LogP contribution in [0.25, 0.3) is 0 Å². The number of rotatable bonds is 8. The first kappa shape index (κ1) is 15.7. The Hall–Kier alpha value is -1.40. The highest BCUT2D eigenvalue weighted by molar-refractivity contribution is 5.40. The van der Waals surface area contributed by atoms with Gasteiger partial charge in [0.2, 0.25) is 0 Å². The fraction of sp³-hybridized carbons (Fsp3) is 0.538. The van der Waals surface area contributed by atoms with Gasteiger partial charge in [0.05, 0.1) is 7.11 Å². The van der Waals surface area contributed by atoms with Gasteiger partial charge in [0.15, 0.2) is 0 Å². The molecule has 0 fully saturated rings. The van der Waals surface area contributed by atoms with E-state index in [4.69, 9.17) is 9.84 Å². The summed E-state index contributed by atoms with van der Waals surface area (Å²) >= 11 is 0. The lowest BCUT2D eigenvalue weighted by atomic mass is 10.1. The first-order valence-corrected chi connectivity index (χ1v) is 6.00. The monoisotopic (exact) mass is 275 g/mol. The van der Waals surface area contributed by atoms with E-state index >= 15 is 0 Å². The predicted octanol–water partition coefficient (Wildman–Crippen LogP) is 2.01. The minimum absolute atomic E-state index is 0.0749. The van der Waals surface area contributed by atoms with Crippen LogP contribution in [-0.2, 0) is 6.54 Å². The number of hydrogen-bond donors (Lipinski definition) is 2. The Morgan fingerprint density at radius 2 is 2.11 bits per heavy atom. The van der Waals surface area contributed by atoms with Gasteiger partial charge in [-0.05, 0) is 24.1 Å². The summed E-state index contributed by atoms with van der Waals surface area (Å²) in [5.74, 6) is 0.804. The molecule has 1 aromatic carbocycles. The lowest BCUT2D eigenvalue weighted by Crippen LogP contribution is -2.23. The molecule has 19 heavy (non-hydrogen) atoms. The summed E-state index contributed by atoms with van der Waals surface area (Å²) in [4.78, 5) is 0. The Kier molecular flexibility index (Phi) is 6.52. The van der Waals surface area contributed by atoms with Crippen LogP contribution in [0.4, 0.5) is 8.78 Å². The normalized spacial score (nSPS) is 12.5. The highest BCUT2D eigenvalue weighted by Gasteiger charge is 2.11. The third-order valence-corrected chi connectivity index (χ3v) is 2.60. The third kappa shape index (κ3) is 5.40. The lowest BCUT2D eigenvalue weighted by Gasteiger charge is -2.14. The Bertz CT molecular complexity index is 388. The summed E-state index contributed by atoms with van der Waals surface area (Å²) in [7, 11) is 1.51. The number of ether oxygens (including phenoxy) is 2. The highest BCUT2D eigenvalue weighted by Crippen LogP contribution is 2.25. The molecule has 0 heterocycles. The summed E-state index contributed by atoms with van der Waals surface area (Å²) in [5.41, 5.74) is 0.588. The zero-order valence-corrected chi connectivity index (χ0v) is 11.0. The Balaban J connectivity index is 2.71. The van der Waals surface area contributed by atoms with Crippen molar-refractivity contribution >= 4 is 0 Å². The van der Waals surface area contributed by atoms with Crippen molar-refractivity contribution in [3.63, 3.8) is 0 Å². The van der Waals surface area contributed by atoms with Gasteiger partial charge < -0.3 is 19.9 Å². The topological polar surface area (TPSA) is 50.7 Å². The molecule has 6 heteroatoms. The van der Waals surface area contributed by atoms with E-state index in [0.29, 0.717) is 24.4 Å². The second-order valence-electron chi connectivity index (χ2n) is 4.27. The molecule has 1 rings (SSSR count). The molecular formula is C13H19F2NO3. The van der Waals surface area contributed by atoms with Crippen LogP contribution in [0, 0.1) is 5.92 Å². The van der Waals surface area contributed by atoms with Crippen molar-refractivity contribution in [1.29, 1.82) is 0 Å². The number of benzene rings is 1. The van der Waals surface area contributed by atoms with Crippen molar-refractivity contribution in [2.45, 2.75) is 20.1 Å². The number of methoxy groups -OCH3 is 1. The van der Waals surface area contributed by atoms with Crippen molar-refractivity contribution in [2.24, 2.45) is 5.92 Å². The molecule has 0 aliphatic rings. The van der Waals surface area contributed by atoms with E-state index in [0.717, 1.165) is 0 Å². The molecule has 0 saturated heterocycles. The van der Waals surface area contributed by atoms with E-state index in [2.05, 4.69) is 10.1 Å². The molecule has 0 bridgehead atoms. The van der Waals surface area contributed by atoms with Crippen molar-refractivity contribution in [3.8, 4) is 11.5 Å². The molecule has 0 radical (unpaired) electrons. The van der Waals surface area contributed by atoms with Crippen LogP contribution in [0.15, 0.2) is 18.2 Å². The molecule has 1 atom stereocenters. The van der Waals surface area contributed by atoms with E-state index < -0.39 is 6.61 Å². The van der Waals surface area contributed by atoms with Crippen LogP contribution < -0.4 is 14.8 Å². The maximum atomic E-state index is 12.3. The SMILES string of the molecule is COc1ccc(OC(F)F)c(CNCC(C)CO)c1. The molecule has 0 spiro atoms. The smallest absolute Gasteiger partial charge is 0.387 e. The summed E-state index contributed by atoms with van der Waals surface area (Å²) in [5, 5.41) is 12.0. The number of hydrogen-bond acceptors (Lipinski definition) is 4. The molecule has 4 nitrogen and oxygen atoms in total. The zero-order chi connectivity index (χ0) is 14.3. The molecule has 0 aliphatic heterocycles. The van der Waals surface area contributed by atoms with E-state index in [1.165, 1.54) is 13.2 Å². The maximum Gasteiger partial charge on any atom is 0.387 e. The Morgan fingerprint density at radius 3 is 2.68 bits per heavy atom. The van der Waals surface area contributed by atoms with Gasteiger partial charge in [-0.2, -0.15) is 8.78 Å². The van der Waals surface area contributed by atoms with Crippen LogP contribution in [0.2, 0.25) is 0 Å². The van der Waals surface area contributed by atoms with Gasteiger partial charge in [0.1, 0.15) is 11.5 Å². The molecule has 108 valence electrons. The van der Waals surface area contributed by atoms with Crippen LogP contribution in [0.3, 0.4) is 0 Å². The van der Waals surface area contributed by atoms with Crippen molar-refractivity contribution in [2.75, 3.05) is 20.3 Å². The Labute approximate surface area is 111 Å². The molecule has 1 aromatic rings. The van der Waals surface area contributed by atoms with Gasteiger partial charge in [0.25, 0.3) is 0 Å². The van der Waals surface area contributed by atoms with E-state index in [-0.39, 0.29) is 18.3 Å². The predicted molar refractivity (Wildman–Crippen MR) is 67.6 cm³/mol. The van der Waals surface area contributed by atoms with Gasteiger partial charge in [-0.25, -0.2) is 0 Å². The average Bonchev–Trinajstić information content (AvgIpc) is 2.39. The second-order valence-corrected chi connectivity index (χ2v) is 4.27. The lowest BCUT2D eigenvalue weighted by molar-refractivity contribution is -0.0505. The first-order valence-electron chi connectivity index (χ1n) is 6.00. The highest BCUT2D eigenvalue weighted by atomic mass is 19.3. The summed E-state index contributed by atoms with van der Waals surface area (Å²) in [6.45, 7) is 0.0509. The summed E-state index contributed by atoms with van der Waals surface area (Å²) in [6.07, 6.45) is 0. The average molecular weight is 275 g/mol. The van der Waals surface area contributed by atoms with Gasteiger partial charge in [-0.3, -0.25) is 0 Å². The Morgan fingerprint density at radius 1 is 1.37 bits per heavy atom. The molecular weight excluding hydrogens is 256 g/mol. The standard InChI is InChI=1S/C13H19F2NO3/c1-9(8-17)6-16-7-10-5-11(18-2)3-4-12(10)19-13(14)15/h3-5,9,13,16-17H,6-8H2,1-2H3. The van der Waals surface area contributed by atoms with Crippen LogP contribution in [-0.4, -0.2) is 32.0 Å². The minimum Gasteiger partial charge on any atom is -0.497 e. The number of aliphatic hydroxyl groups excluding tert-OH is 1. The molecule has 0 aromatic heterocycles. The van der Waals surface area contributed by atoms with Crippen LogP contribution >= 0.6 is 0 Å². The number of alkyl halides is 2. The fourth-order valence-corrected chi connectivity index (χ4v) is 1.55. The summed E-state index contributed by atoms with van der Waals surface area (Å²) < 4.78 is 34.1. The minimum atomic E-state index is -2.86. The molecule has 0 amide bonds. The number of nitrogens with one attached hydrogen (secondary N) is 1.